The fourth-order valence-electron chi connectivity index (χ4n) is 3.55. The molecule has 0 radical (unpaired) electrons. The van der Waals surface area contributed by atoms with Crippen LogP contribution in [0.15, 0.2) is 55.0 Å². The van der Waals surface area contributed by atoms with Gasteiger partial charge in [-0.3, -0.25) is 9.88 Å². The highest BCUT2D eigenvalue weighted by atomic mass is 19.1. The molecular formula is C20H19FN4O2. The first-order valence-electron chi connectivity index (χ1n) is 8.78. The molecule has 138 valence electrons. The van der Waals surface area contributed by atoms with Crippen LogP contribution in [0.2, 0.25) is 0 Å². The summed E-state index contributed by atoms with van der Waals surface area (Å²) in [6.07, 6.45) is 6.10. The average molecular weight is 366 g/mol. The molecule has 6 nitrogen and oxygen atoms in total. The lowest BCUT2D eigenvalue weighted by molar-refractivity contribution is 0.0696. The number of pyridine rings is 1. The largest absolute Gasteiger partial charge is 0.478 e. The Morgan fingerprint density at radius 2 is 2.00 bits per heavy atom. The van der Waals surface area contributed by atoms with Gasteiger partial charge in [-0.15, -0.1) is 0 Å². The first-order chi connectivity index (χ1) is 13.1. The van der Waals surface area contributed by atoms with E-state index in [1.165, 1.54) is 24.4 Å². The number of fused-ring (bicyclic) bond motifs is 1. The first kappa shape index (κ1) is 17.4. The van der Waals surface area contributed by atoms with Crippen molar-refractivity contribution < 1.29 is 14.3 Å². The fourth-order valence-corrected chi connectivity index (χ4v) is 3.55. The Balaban J connectivity index is 1.57. The van der Waals surface area contributed by atoms with E-state index < -0.39 is 5.97 Å². The van der Waals surface area contributed by atoms with E-state index in [0.29, 0.717) is 18.8 Å². The minimum absolute atomic E-state index is 0.0893. The van der Waals surface area contributed by atoms with Crippen LogP contribution in [-0.4, -0.2) is 37.1 Å². The van der Waals surface area contributed by atoms with Gasteiger partial charge in [-0.05, 0) is 36.2 Å². The summed E-state index contributed by atoms with van der Waals surface area (Å²) in [6.45, 7) is 1.98. The predicted molar refractivity (Wildman–Crippen MR) is 96.7 cm³/mol. The molecule has 1 aliphatic heterocycles. The summed E-state index contributed by atoms with van der Waals surface area (Å²) in [5, 5.41) is 9.16. The number of carboxylic acid groups (broad SMARTS) is 1. The van der Waals surface area contributed by atoms with Crippen LogP contribution in [0.5, 0.6) is 0 Å². The van der Waals surface area contributed by atoms with Crippen molar-refractivity contribution in [3.8, 4) is 0 Å². The number of imidazole rings is 1. The normalized spacial score (nSPS) is 17.3. The average Bonchev–Trinajstić information content (AvgIpc) is 3.04. The van der Waals surface area contributed by atoms with Crippen molar-refractivity contribution >= 4 is 5.97 Å². The van der Waals surface area contributed by atoms with Gasteiger partial charge in [0.2, 0.25) is 0 Å². The molecule has 1 N–H and O–H groups in total. The van der Waals surface area contributed by atoms with E-state index in [1.807, 2.05) is 18.3 Å². The molecule has 7 heteroatoms. The van der Waals surface area contributed by atoms with Crippen molar-refractivity contribution in [3.05, 3.63) is 83.5 Å². The lowest BCUT2D eigenvalue weighted by Crippen LogP contribution is -2.24. The SMILES string of the molecule is O=C(O)c1ccnc(CN2CCC(c3ccc(F)cc3)n3ccnc3C2)c1. The van der Waals surface area contributed by atoms with Gasteiger partial charge in [0.25, 0.3) is 0 Å². The van der Waals surface area contributed by atoms with Gasteiger partial charge in [-0.25, -0.2) is 14.2 Å². The number of nitrogens with zero attached hydrogens (tertiary/aromatic N) is 4. The lowest BCUT2D eigenvalue weighted by Gasteiger charge is -2.20. The topological polar surface area (TPSA) is 71.2 Å². The van der Waals surface area contributed by atoms with Crippen LogP contribution in [0, 0.1) is 5.82 Å². The third-order valence-electron chi connectivity index (χ3n) is 4.87. The van der Waals surface area contributed by atoms with Crippen molar-refractivity contribution in [2.75, 3.05) is 6.54 Å². The molecule has 0 spiro atoms. The van der Waals surface area contributed by atoms with Gasteiger partial charge in [-0.1, -0.05) is 12.1 Å². The van der Waals surface area contributed by atoms with Gasteiger partial charge >= 0.3 is 5.97 Å². The second-order valence-electron chi connectivity index (χ2n) is 6.66. The van der Waals surface area contributed by atoms with E-state index in [2.05, 4.69) is 19.4 Å². The molecule has 1 aliphatic rings. The van der Waals surface area contributed by atoms with E-state index in [-0.39, 0.29) is 17.4 Å². The molecule has 27 heavy (non-hydrogen) atoms. The summed E-state index contributed by atoms with van der Waals surface area (Å²) < 4.78 is 15.4. The Kier molecular flexibility index (Phi) is 4.68. The highest BCUT2D eigenvalue weighted by Gasteiger charge is 2.24. The van der Waals surface area contributed by atoms with Crippen LogP contribution in [0.4, 0.5) is 4.39 Å². The number of aromatic nitrogens is 3. The van der Waals surface area contributed by atoms with E-state index in [1.54, 1.807) is 12.3 Å². The third-order valence-corrected chi connectivity index (χ3v) is 4.87. The van der Waals surface area contributed by atoms with Crippen molar-refractivity contribution in [3.63, 3.8) is 0 Å². The monoisotopic (exact) mass is 366 g/mol. The van der Waals surface area contributed by atoms with Gasteiger partial charge < -0.3 is 9.67 Å². The Labute approximate surface area is 155 Å². The molecule has 4 rings (SSSR count). The number of benzene rings is 1. The van der Waals surface area contributed by atoms with Crippen molar-refractivity contribution in [2.24, 2.45) is 0 Å². The predicted octanol–water partition coefficient (Wildman–Crippen LogP) is 3.11. The summed E-state index contributed by atoms with van der Waals surface area (Å²) >= 11 is 0. The maximum absolute atomic E-state index is 13.3. The molecule has 0 aliphatic carbocycles. The first-order valence-corrected chi connectivity index (χ1v) is 8.78. The number of hydrogen-bond acceptors (Lipinski definition) is 4. The van der Waals surface area contributed by atoms with Crippen molar-refractivity contribution in [1.82, 2.24) is 19.4 Å². The molecular weight excluding hydrogens is 347 g/mol. The highest BCUT2D eigenvalue weighted by Crippen LogP contribution is 2.28. The molecule has 2 aromatic heterocycles. The van der Waals surface area contributed by atoms with Gasteiger partial charge in [0.1, 0.15) is 11.6 Å². The van der Waals surface area contributed by atoms with Crippen LogP contribution >= 0.6 is 0 Å². The summed E-state index contributed by atoms with van der Waals surface area (Å²) in [5.74, 6) is -0.276. The number of rotatable bonds is 4. The zero-order valence-corrected chi connectivity index (χ0v) is 14.6. The maximum Gasteiger partial charge on any atom is 0.335 e. The minimum Gasteiger partial charge on any atom is -0.478 e. The molecule has 0 saturated carbocycles. The van der Waals surface area contributed by atoms with E-state index >= 15 is 0 Å². The third kappa shape index (κ3) is 3.73. The molecule has 0 bridgehead atoms. The van der Waals surface area contributed by atoms with E-state index in [9.17, 15) is 9.18 Å². The molecule has 3 aromatic rings. The van der Waals surface area contributed by atoms with Crippen LogP contribution < -0.4 is 0 Å². The number of aromatic carboxylic acids is 1. The maximum atomic E-state index is 13.3. The van der Waals surface area contributed by atoms with Crippen molar-refractivity contribution in [1.29, 1.82) is 0 Å². The zero-order chi connectivity index (χ0) is 18.8. The summed E-state index contributed by atoms with van der Waals surface area (Å²) in [5.41, 5.74) is 2.00. The van der Waals surface area contributed by atoms with Crippen LogP contribution in [0.25, 0.3) is 0 Å². The van der Waals surface area contributed by atoms with Crippen molar-refractivity contribution in [2.45, 2.75) is 25.6 Å². The Morgan fingerprint density at radius 1 is 1.19 bits per heavy atom. The molecule has 0 saturated heterocycles. The van der Waals surface area contributed by atoms with E-state index in [4.69, 9.17) is 5.11 Å². The Hall–Kier alpha value is -3.06. The summed E-state index contributed by atoms with van der Waals surface area (Å²) in [6, 6.07) is 9.79. The molecule has 3 heterocycles. The highest BCUT2D eigenvalue weighted by molar-refractivity contribution is 5.87. The number of carboxylic acids is 1. The van der Waals surface area contributed by atoms with Gasteiger partial charge in [0.05, 0.1) is 23.8 Å². The summed E-state index contributed by atoms with van der Waals surface area (Å²) in [4.78, 5) is 22.2. The Morgan fingerprint density at radius 3 is 2.78 bits per heavy atom. The van der Waals surface area contributed by atoms with E-state index in [0.717, 1.165) is 24.4 Å². The number of carbonyl (C=O) groups is 1. The standard InChI is InChI=1S/C20H19FN4O2/c21-16-3-1-14(2-4-16)18-6-9-24(13-19-23-8-10-25(18)19)12-17-11-15(20(26)27)5-7-22-17/h1-5,7-8,10-11,18H,6,9,12-13H2,(H,26,27). The molecule has 1 unspecified atom stereocenters. The fraction of sp³-hybridized carbons (Fsp3) is 0.250. The van der Waals surface area contributed by atoms with Gasteiger partial charge in [0.15, 0.2) is 0 Å². The van der Waals surface area contributed by atoms with Crippen LogP contribution in [-0.2, 0) is 13.1 Å². The molecule has 0 amide bonds. The van der Waals surface area contributed by atoms with Crippen LogP contribution in [0.1, 0.15) is 39.9 Å². The molecule has 1 atom stereocenters. The smallest absolute Gasteiger partial charge is 0.335 e. The molecule has 1 aromatic carbocycles. The molecule has 0 fully saturated rings. The minimum atomic E-state index is -0.957. The number of halogens is 1. The Bertz CT molecular complexity index is 955. The van der Waals surface area contributed by atoms with Crippen LogP contribution in [0.3, 0.4) is 0 Å². The van der Waals surface area contributed by atoms with Gasteiger partial charge in [-0.2, -0.15) is 0 Å². The summed E-state index contributed by atoms with van der Waals surface area (Å²) in [7, 11) is 0. The lowest BCUT2D eigenvalue weighted by atomic mass is 10.0. The second-order valence-corrected chi connectivity index (χ2v) is 6.66. The van der Waals surface area contributed by atoms with Gasteiger partial charge in [0, 0.05) is 31.7 Å². The number of hydrogen-bond donors (Lipinski definition) is 1. The quantitative estimate of drug-likeness (QED) is 0.768. The zero-order valence-electron chi connectivity index (χ0n) is 14.6. The second kappa shape index (κ2) is 7.28.